The number of carbonyl (C=O) groups is 1. The lowest BCUT2D eigenvalue weighted by molar-refractivity contribution is -0.123. The normalized spacial score (nSPS) is 10.2. The molecule has 0 saturated heterocycles. The molecule has 144 valence electrons. The summed E-state index contributed by atoms with van der Waals surface area (Å²) in [5.41, 5.74) is 0. The number of rotatable bonds is 9. The predicted molar refractivity (Wildman–Crippen MR) is 103 cm³/mol. The third kappa shape index (κ3) is 6.16. The van der Waals surface area contributed by atoms with Crippen molar-refractivity contribution in [3.63, 3.8) is 0 Å². The fraction of sp³-hybridized carbons (Fsp3) is 0.222. The van der Waals surface area contributed by atoms with Crippen molar-refractivity contribution in [3.8, 4) is 6.01 Å². The average molecular weight is 380 g/mol. The summed E-state index contributed by atoms with van der Waals surface area (Å²) in [7, 11) is 0. The molecule has 0 aromatic carbocycles. The molecule has 3 N–H and O–H groups in total. The van der Waals surface area contributed by atoms with Crippen LogP contribution in [-0.2, 0) is 4.79 Å². The van der Waals surface area contributed by atoms with Crippen molar-refractivity contribution < 1.29 is 9.53 Å². The van der Waals surface area contributed by atoms with Crippen molar-refractivity contribution in [2.45, 2.75) is 6.92 Å². The molecule has 28 heavy (non-hydrogen) atoms. The van der Waals surface area contributed by atoms with Crippen LogP contribution in [0.5, 0.6) is 6.01 Å². The second-order valence-electron chi connectivity index (χ2n) is 5.62. The van der Waals surface area contributed by atoms with Gasteiger partial charge in [-0.2, -0.15) is 0 Å². The summed E-state index contributed by atoms with van der Waals surface area (Å²) in [4.78, 5) is 32.4. The number of aromatic nitrogens is 5. The number of ether oxygens (including phenoxy) is 1. The zero-order valence-electron chi connectivity index (χ0n) is 15.3. The number of nitrogens with one attached hydrogen (secondary N) is 3. The largest absolute Gasteiger partial charge is 0.453 e. The van der Waals surface area contributed by atoms with E-state index in [1.54, 1.807) is 37.6 Å². The first kappa shape index (κ1) is 19.0. The highest BCUT2D eigenvalue weighted by molar-refractivity contribution is 5.77. The van der Waals surface area contributed by atoms with Gasteiger partial charge in [0.1, 0.15) is 23.3 Å². The topological polar surface area (TPSA) is 127 Å². The molecule has 0 atom stereocenters. The quantitative estimate of drug-likeness (QED) is 0.471. The Kier molecular flexibility index (Phi) is 6.61. The van der Waals surface area contributed by atoms with Crippen LogP contribution in [0.4, 0.5) is 17.5 Å². The van der Waals surface area contributed by atoms with Crippen molar-refractivity contribution in [2.75, 3.05) is 30.3 Å². The van der Waals surface area contributed by atoms with Gasteiger partial charge in [0.2, 0.25) is 0 Å². The van der Waals surface area contributed by atoms with E-state index in [1.807, 2.05) is 18.2 Å². The lowest BCUT2D eigenvalue weighted by Crippen LogP contribution is -2.33. The Morgan fingerprint density at radius 3 is 2.54 bits per heavy atom. The first-order valence-electron chi connectivity index (χ1n) is 8.63. The Labute approximate surface area is 161 Å². The van der Waals surface area contributed by atoms with Crippen molar-refractivity contribution in [2.24, 2.45) is 0 Å². The molecular formula is C18H20N8O2. The predicted octanol–water partition coefficient (Wildman–Crippen LogP) is 1.32. The van der Waals surface area contributed by atoms with Crippen LogP contribution in [-0.4, -0.2) is 50.5 Å². The van der Waals surface area contributed by atoms with Gasteiger partial charge < -0.3 is 20.7 Å². The molecule has 0 aliphatic heterocycles. The zero-order valence-corrected chi connectivity index (χ0v) is 15.3. The number of carbonyl (C=O) groups excluding carboxylic acids is 1. The molecule has 3 aromatic rings. The molecule has 3 rings (SSSR count). The molecule has 0 unspecified atom stereocenters. The van der Waals surface area contributed by atoms with Crippen LogP contribution in [0.25, 0.3) is 0 Å². The molecule has 0 aliphatic carbocycles. The molecule has 0 bridgehead atoms. The Balaban J connectivity index is 1.42. The summed E-state index contributed by atoms with van der Waals surface area (Å²) >= 11 is 0. The fourth-order valence-corrected chi connectivity index (χ4v) is 2.22. The van der Waals surface area contributed by atoms with E-state index in [0.717, 1.165) is 0 Å². The number of nitrogens with zero attached hydrogens (tertiary/aromatic N) is 5. The van der Waals surface area contributed by atoms with Crippen LogP contribution in [0, 0.1) is 6.92 Å². The van der Waals surface area contributed by atoms with E-state index in [2.05, 4.69) is 40.9 Å². The number of amides is 1. The van der Waals surface area contributed by atoms with Crippen LogP contribution >= 0.6 is 0 Å². The summed E-state index contributed by atoms with van der Waals surface area (Å²) in [5.74, 6) is 2.33. The second kappa shape index (κ2) is 9.76. The van der Waals surface area contributed by atoms with Gasteiger partial charge in [-0.15, -0.1) is 0 Å². The minimum absolute atomic E-state index is 0.144. The first-order valence-corrected chi connectivity index (χ1v) is 8.63. The van der Waals surface area contributed by atoms with Gasteiger partial charge in [-0.05, 0) is 25.1 Å². The van der Waals surface area contributed by atoms with Gasteiger partial charge in [-0.25, -0.2) is 24.9 Å². The van der Waals surface area contributed by atoms with Gasteiger partial charge in [-0.1, -0.05) is 6.07 Å². The van der Waals surface area contributed by atoms with Gasteiger partial charge in [0.15, 0.2) is 6.61 Å². The molecule has 0 saturated carbocycles. The molecule has 10 nitrogen and oxygen atoms in total. The molecule has 0 radical (unpaired) electrons. The summed E-state index contributed by atoms with van der Waals surface area (Å²) in [6.45, 7) is 2.56. The molecule has 0 spiro atoms. The molecule has 0 aliphatic rings. The van der Waals surface area contributed by atoms with E-state index in [4.69, 9.17) is 4.74 Å². The Hall–Kier alpha value is -3.82. The number of pyridine rings is 1. The monoisotopic (exact) mass is 380 g/mol. The van der Waals surface area contributed by atoms with Crippen LogP contribution in [0.15, 0.2) is 48.9 Å². The zero-order chi connectivity index (χ0) is 19.6. The van der Waals surface area contributed by atoms with Crippen LogP contribution in [0.2, 0.25) is 0 Å². The van der Waals surface area contributed by atoms with E-state index in [9.17, 15) is 4.79 Å². The maximum absolute atomic E-state index is 11.8. The van der Waals surface area contributed by atoms with E-state index in [0.29, 0.717) is 36.4 Å². The summed E-state index contributed by atoms with van der Waals surface area (Å²) in [6, 6.07) is 9.20. The third-order valence-corrected chi connectivity index (χ3v) is 3.39. The lowest BCUT2D eigenvalue weighted by Gasteiger charge is -2.10. The highest BCUT2D eigenvalue weighted by Crippen LogP contribution is 2.15. The number of anilines is 3. The number of aryl methyl sites for hydroxylation is 1. The van der Waals surface area contributed by atoms with Crippen molar-refractivity contribution in [1.82, 2.24) is 30.2 Å². The fourth-order valence-electron chi connectivity index (χ4n) is 2.22. The summed E-state index contributed by atoms with van der Waals surface area (Å²) in [5, 5.41) is 9.02. The molecule has 3 aromatic heterocycles. The molecule has 0 fully saturated rings. The second-order valence-corrected chi connectivity index (χ2v) is 5.62. The average Bonchev–Trinajstić information content (AvgIpc) is 2.71. The summed E-state index contributed by atoms with van der Waals surface area (Å²) < 4.78 is 5.18. The molecule has 10 heteroatoms. The van der Waals surface area contributed by atoms with Gasteiger partial charge in [0.05, 0.1) is 0 Å². The van der Waals surface area contributed by atoms with E-state index in [1.165, 1.54) is 0 Å². The lowest BCUT2D eigenvalue weighted by atomic mass is 10.4. The van der Waals surface area contributed by atoms with Gasteiger partial charge in [0, 0.05) is 37.7 Å². The Bertz CT molecular complexity index is 893. The van der Waals surface area contributed by atoms with Crippen LogP contribution in [0.3, 0.4) is 0 Å². The van der Waals surface area contributed by atoms with E-state index in [-0.39, 0.29) is 18.5 Å². The highest BCUT2D eigenvalue weighted by atomic mass is 16.5. The smallest absolute Gasteiger partial charge is 0.316 e. The SMILES string of the molecule is Cc1nc(NCCNC(=O)COc2ncccn2)cc(Nc2ccccn2)n1. The maximum Gasteiger partial charge on any atom is 0.316 e. The highest BCUT2D eigenvalue weighted by Gasteiger charge is 2.05. The van der Waals surface area contributed by atoms with E-state index >= 15 is 0 Å². The standard InChI is InChI=1S/C18H20N8O2/c1-13-24-15(11-16(25-13)26-14-5-2-3-6-19-14)20-9-10-21-17(27)12-28-18-22-7-4-8-23-18/h2-8,11H,9-10,12H2,1H3,(H,21,27)(H2,19,20,24,25,26). The number of hydrogen-bond acceptors (Lipinski definition) is 9. The van der Waals surface area contributed by atoms with Crippen LogP contribution in [0.1, 0.15) is 5.82 Å². The minimum Gasteiger partial charge on any atom is -0.453 e. The van der Waals surface area contributed by atoms with Crippen LogP contribution < -0.4 is 20.7 Å². The Morgan fingerprint density at radius 2 is 1.75 bits per heavy atom. The first-order chi connectivity index (χ1) is 13.7. The number of hydrogen-bond donors (Lipinski definition) is 3. The van der Waals surface area contributed by atoms with Crippen molar-refractivity contribution in [1.29, 1.82) is 0 Å². The van der Waals surface area contributed by atoms with Crippen molar-refractivity contribution in [3.05, 3.63) is 54.7 Å². The van der Waals surface area contributed by atoms with E-state index < -0.39 is 0 Å². The van der Waals surface area contributed by atoms with Crippen molar-refractivity contribution >= 4 is 23.4 Å². The van der Waals surface area contributed by atoms with Gasteiger partial charge >= 0.3 is 6.01 Å². The third-order valence-electron chi connectivity index (χ3n) is 3.39. The minimum atomic E-state index is -0.259. The van der Waals surface area contributed by atoms with Gasteiger partial charge in [-0.3, -0.25) is 4.79 Å². The molecule has 3 heterocycles. The Morgan fingerprint density at radius 1 is 0.964 bits per heavy atom. The van der Waals surface area contributed by atoms with Gasteiger partial charge in [0.25, 0.3) is 5.91 Å². The molecular weight excluding hydrogens is 360 g/mol. The maximum atomic E-state index is 11.8. The summed E-state index contributed by atoms with van der Waals surface area (Å²) in [6.07, 6.45) is 4.79. The molecule has 1 amide bonds.